The molecule has 6 nitrogen and oxygen atoms in total. The van der Waals surface area contributed by atoms with Crippen LogP contribution in [0.25, 0.3) is 0 Å². The van der Waals surface area contributed by atoms with Crippen LogP contribution in [0.2, 0.25) is 0 Å². The molecule has 1 aliphatic rings. The van der Waals surface area contributed by atoms with Crippen LogP contribution in [0.4, 0.5) is 5.82 Å². The average molecular weight is 224 g/mol. The van der Waals surface area contributed by atoms with Crippen LogP contribution in [0.3, 0.4) is 0 Å². The monoisotopic (exact) mass is 224 g/mol. The predicted molar refractivity (Wildman–Crippen MR) is 58.9 cm³/mol. The minimum absolute atomic E-state index is 0.0681. The van der Waals surface area contributed by atoms with E-state index in [4.69, 9.17) is 10.5 Å². The molecule has 2 rings (SSSR count). The van der Waals surface area contributed by atoms with Crippen molar-refractivity contribution in [2.24, 2.45) is 0 Å². The Morgan fingerprint density at radius 3 is 3.25 bits per heavy atom. The fourth-order valence-corrected chi connectivity index (χ4v) is 1.88. The lowest BCUT2D eigenvalue weighted by Gasteiger charge is -2.34. The Morgan fingerprint density at radius 2 is 2.62 bits per heavy atom. The number of carbonyl (C=O) groups excluding carboxylic acids is 1. The molecule has 1 fully saturated rings. The Balaban J connectivity index is 2.17. The maximum atomic E-state index is 12.2. The van der Waals surface area contributed by atoms with Gasteiger partial charge in [-0.25, -0.2) is 0 Å². The zero-order chi connectivity index (χ0) is 11.5. The number of amides is 1. The lowest BCUT2D eigenvalue weighted by Crippen LogP contribution is -2.48. The molecule has 0 aliphatic carbocycles. The minimum Gasteiger partial charge on any atom is -0.383 e. The maximum Gasteiger partial charge on any atom is 0.259 e. The van der Waals surface area contributed by atoms with Gasteiger partial charge in [-0.15, -0.1) is 0 Å². The normalized spacial score (nSPS) is 21.1. The van der Waals surface area contributed by atoms with Gasteiger partial charge in [0.25, 0.3) is 5.91 Å². The number of nitrogens with two attached hydrogens (primary N) is 1. The molecule has 1 aromatic heterocycles. The highest BCUT2D eigenvalue weighted by molar-refractivity contribution is 5.98. The van der Waals surface area contributed by atoms with Crippen molar-refractivity contribution < 1.29 is 9.53 Å². The van der Waals surface area contributed by atoms with E-state index in [1.165, 1.54) is 6.20 Å². The number of hydrogen-bond donors (Lipinski definition) is 2. The molecule has 0 bridgehead atoms. The second-order valence-corrected chi connectivity index (χ2v) is 3.83. The van der Waals surface area contributed by atoms with Crippen LogP contribution in [0.15, 0.2) is 6.20 Å². The third kappa shape index (κ3) is 1.88. The number of H-pyrrole nitrogens is 1. The molecule has 1 aromatic rings. The molecule has 88 valence electrons. The van der Waals surface area contributed by atoms with Gasteiger partial charge >= 0.3 is 0 Å². The van der Waals surface area contributed by atoms with E-state index >= 15 is 0 Å². The van der Waals surface area contributed by atoms with E-state index in [2.05, 4.69) is 10.2 Å². The fourth-order valence-electron chi connectivity index (χ4n) is 1.88. The van der Waals surface area contributed by atoms with Gasteiger partial charge in [0.2, 0.25) is 0 Å². The molecule has 1 amide bonds. The molecule has 1 saturated heterocycles. The summed E-state index contributed by atoms with van der Waals surface area (Å²) in [6.07, 6.45) is 2.35. The van der Waals surface area contributed by atoms with E-state index in [9.17, 15) is 4.79 Å². The van der Waals surface area contributed by atoms with E-state index in [1.807, 2.05) is 11.8 Å². The average Bonchev–Trinajstić information content (AvgIpc) is 2.74. The first-order valence-electron chi connectivity index (χ1n) is 5.41. The quantitative estimate of drug-likeness (QED) is 0.753. The van der Waals surface area contributed by atoms with Crippen LogP contribution < -0.4 is 5.73 Å². The highest BCUT2D eigenvalue weighted by atomic mass is 16.5. The van der Waals surface area contributed by atoms with Gasteiger partial charge in [-0.05, 0) is 6.42 Å². The zero-order valence-corrected chi connectivity index (χ0v) is 9.27. The number of ether oxygens (including phenoxy) is 1. The Labute approximate surface area is 93.8 Å². The number of anilines is 1. The van der Waals surface area contributed by atoms with E-state index in [1.54, 1.807) is 0 Å². The summed E-state index contributed by atoms with van der Waals surface area (Å²) in [7, 11) is 0. The SMILES string of the molecule is CCC1COCCN1C(=O)c1cn[nH]c1N. The summed E-state index contributed by atoms with van der Waals surface area (Å²) in [5, 5.41) is 6.33. The number of aromatic amines is 1. The van der Waals surface area contributed by atoms with Crippen LogP contribution in [0, 0.1) is 0 Å². The number of rotatable bonds is 2. The highest BCUT2D eigenvalue weighted by Crippen LogP contribution is 2.16. The van der Waals surface area contributed by atoms with Gasteiger partial charge in [0, 0.05) is 6.54 Å². The predicted octanol–water partition coefficient (Wildman–Crippen LogP) is 0.243. The number of hydrogen-bond acceptors (Lipinski definition) is 4. The van der Waals surface area contributed by atoms with Gasteiger partial charge in [-0.2, -0.15) is 5.10 Å². The summed E-state index contributed by atoms with van der Waals surface area (Å²) < 4.78 is 5.35. The van der Waals surface area contributed by atoms with Crippen molar-refractivity contribution in [1.82, 2.24) is 15.1 Å². The van der Waals surface area contributed by atoms with Crippen LogP contribution in [-0.4, -0.2) is 46.8 Å². The topological polar surface area (TPSA) is 84.2 Å². The number of nitrogen functional groups attached to an aromatic ring is 1. The van der Waals surface area contributed by atoms with Crippen LogP contribution >= 0.6 is 0 Å². The zero-order valence-electron chi connectivity index (χ0n) is 9.27. The molecule has 0 saturated carbocycles. The Morgan fingerprint density at radius 1 is 1.81 bits per heavy atom. The first-order valence-corrected chi connectivity index (χ1v) is 5.41. The van der Waals surface area contributed by atoms with Gasteiger partial charge < -0.3 is 15.4 Å². The summed E-state index contributed by atoms with van der Waals surface area (Å²) in [4.78, 5) is 14.0. The molecule has 0 radical (unpaired) electrons. The number of nitrogens with zero attached hydrogens (tertiary/aromatic N) is 2. The van der Waals surface area contributed by atoms with Crippen LogP contribution in [0.1, 0.15) is 23.7 Å². The fraction of sp³-hybridized carbons (Fsp3) is 0.600. The van der Waals surface area contributed by atoms with Gasteiger partial charge in [0.1, 0.15) is 11.4 Å². The number of nitrogens with one attached hydrogen (secondary N) is 1. The molecule has 1 unspecified atom stereocenters. The third-order valence-corrected chi connectivity index (χ3v) is 2.86. The number of carbonyl (C=O) groups is 1. The van der Waals surface area contributed by atoms with E-state index in [0.29, 0.717) is 31.1 Å². The summed E-state index contributed by atoms with van der Waals surface area (Å²) >= 11 is 0. The van der Waals surface area contributed by atoms with Gasteiger partial charge in [0.15, 0.2) is 0 Å². The van der Waals surface area contributed by atoms with E-state index < -0.39 is 0 Å². The minimum atomic E-state index is -0.0681. The molecule has 0 spiro atoms. The van der Waals surface area contributed by atoms with Gasteiger partial charge in [0.05, 0.1) is 25.5 Å². The first kappa shape index (κ1) is 10.9. The molecule has 6 heteroatoms. The largest absolute Gasteiger partial charge is 0.383 e. The Kier molecular flexibility index (Phi) is 3.09. The summed E-state index contributed by atoms with van der Waals surface area (Å²) in [6.45, 7) is 3.83. The number of aromatic nitrogens is 2. The smallest absolute Gasteiger partial charge is 0.259 e. The molecule has 3 N–H and O–H groups in total. The second-order valence-electron chi connectivity index (χ2n) is 3.83. The standard InChI is InChI=1S/C10H16N4O2/c1-2-7-6-16-4-3-14(7)10(15)8-5-12-13-9(8)11/h5,7H,2-4,6H2,1H3,(H3,11,12,13). The summed E-state index contributed by atoms with van der Waals surface area (Å²) in [5.74, 6) is 0.257. The molecule has 1 atom stereocenters. The van der Waals surface area contributed by atoms with Crippen molar-refractivity contribution in [3.05, 3.63) is 11.8 Å². The van der Waals surface area contributed by atoms with Crippen molar-refractivity contribution in [2.45, 2.75) is 19.4 Å². The van der Waals surface area contributed by atoms with Crippen molar-refractivity contribution in [3.63, 3.8) is 0 Å². The molecule has 1 aliphatic heterocycles. The lowest BCUT2D eigenvalue weighted by molar-refractivity contribution is -0.00274. The van der Waals surface area contributed by atoms with Gasteiger partial charge in [-0.1, -0.05) is 6.92 Å². The first-order chi connectivity index (χ1) is 7.74. The lowest BCUT2D eigenvalue weighted by atomic mass is 10.1. The molecule has 16 heavy (non-hydrogen) atoms. The Bertz CT molecular complexity index is 377. The molecule has 2 heterocycles. The number of morpholine rings is 1. The van der Waals surface area contributed by atoms with Crippen LogP contribution in [-0.2, 0) is 4.74 Å². The van der Waals surface area contributed by atoms with Gasteiger partial charge in [-0.3, -0.25) is 9.89 Å². The molecular weight excluding hydrogens is 208 g/mol. The summed E-state index contributed by atoms with van der Waals surface area (Å²) in [5.41, 5.74) is 6.08. The van der Waals surface area contributed by atoms with Crippen molar-refractivity contribution in [2.75, 3.05) is 25.5 Å². The van der Waals surface area contributed by atoms with Crippen molar-refractivity contribution >= 4 is 11.7 Å². The second kappa shape index (κ2) is 4.52. The maximum absolute atomic E-state index is 12.2. The molecular formula is C10H16N4O2. The summed E-state index contributed by atoms with van der Waals surface area (Å²) in [6, 6.07) is 0.135. The third-order valence-electron chi connectivity index (χ3n) is 2.86. The van der Waals surface area contributed by atoms with Crippen LogP contribution in [0.5, 0.6) is 0 Å². The highest BCUT2D eigenvalue weighted by Gasteiger charge is 2.28. The van der Waals surface area contributed by atoms with E-state index in [-0.39, 0.29) is 11.9 Å². The van der Waals surface area contributed by atoms with Crippen molar-refractivity contribution in [1.29, 1.82) is 0 Å². The van der Waals surface area contributed by atoms with E-state index in [0.717, 1.165) is 6.42 Å². The van der Waals surface area contributed by atoms with Crippen molar-refractivity contribution in [3.8, 4) is 0 Å². The Hall–Kier alpha value is -1.56. The molecule has 0 aromatic carbocycles.